The number of hydrogen-bond donors (Lipinski definition) is 3. The monoisotopic (exact) mass is 415 g/mol. The molecule has 0 saturated carbocycles. The van der Waals surface area contributed by atoms with Gasteiger partial charge in [0.15, 0.2) is 0 Å². The molecule has 2 aromatic carbocycles. The van der Waals surface area contributed by atoms with Crippen LogP contribution < -0.4 is 21.3 Å². The molecule has 7 nitrogen and oxygen atoms in total. The lowest BCUT2D eigenvalue weighted by atomic mass is 10.1. The molecule has 2 heterocycles. The van der Waals surface area contributed by atoms with E-state index in [9.17, 15) is 5.26 Å². The number of nitrogen functional groups attached to an aromatic ring is 1. The number of para-hydroxylation sites is 1. The number of nitrogens with one attached hydrogen (secondary N) is 2. The fourth-order valence-corrected chi connectivity index (χ4v) is 4.28. The molecule has 0 radical (unpaired) electrons. The largest absolute Gasteiger partial charge is 0.399 e. The van der Waals surface area contributed by atoms with Crippen molar-refractivity contribution < 1.29 is 0 Å². The first-order valence-corrected chi connectivity index (χ1v) is 10.9. The summed E-state index contributed by atoms with van der Waals surface area (Å²) in [7, 11) is 0. The second-order valence-corrected chi connectivity index (χ2v) is 8.26. The van der Waals surface area contributed by atoms with Crippen molar-refractivity contribution in [2.45, 2.75) is 45.2 Å². The number of rotatable bonds is 7. The summed E-state index contributed by atoms with van der Waals surface area (Å²) in [4.78, 5) is 11.9. The molecule has 1 aliphatic heterocycles. The molecule has 31 heavy (non-hydrogen) atoms. The smallest absolute Gasteiger partial charge is 0.229 e. The molecule has 0 amide bonds. The van der Waals surface area contributed by atoms with Gasteiger partial charge in [-0.2, -0.15) is 10.2 Å². The summed E-state index contributed by atoms with van der Waals surface area (Å²) in [6, 6.07) is 16.4. The summed E-state index contributed by atoms with van der Waals surface area (Å²) in [5.74, 6) is 1.43. The molecule has 0 aliphatic carbocycles. The van der Waals surface area contributed by atoms with Crippen LogP contribution in [0.25, 0.3) is 10.9 Å². The van der Waals surface area contributed by atoms with Gasteiger partial charge in [0.05, 0.1) is 17.1 Å². The number of hydrogen-bond acceptors (Lipinski definition) is 7. The average molecular weight is 416 g/mol. The van der Waals surface area contributed by atoms with Gasteiger partial charge in [0.2, 0.25) is 5.95 Å². The van der Waals surface area contributed by atoms with Crippen molar-refractivity contribution in [3.63, 3.8) is 0 Å². The first kappa shape index (κ1) is 20.9. The number of anilines is 4. The predicted octanol–water partition coefficient (Wildman–Crippen LogP) is 4.18. The topological polar surface area (TPSA) is 103 Å². The number of nitrogens with zero attached hydrogens (tertiary/aromatic N) is 4. The van der Waals surface area contributed by atoms with Gasteiger partial charge in [-0.1, -0.05) is 25.5 Å². The lowest BCUT2D eigenvalue weighted by Crippen LogP contribution is -2.38. The number of nitriles is 1. The Kier molecular flexibility index (Phi) is 6.19. The van der Waals surface area contributed by atoms with Gasteiger partial charge in [-0.25, -0.2) is 4.98 Å². The molecule has 2 atom stereocenters. The Bertz CT molecular complexity index is 1100. The van der Waals surface area contributed by atoms with E-state index in [0.717, 1.165) is 36.2 Å². The Morgan fingerprint density at radius 2 is 2.10 bits per heavy atom. The van der Waals surface area contributed by atoms with Gasteiger partial charge in [-0.05, 0) is 50.1 Å². The van der Waals surface area contributed by atoms with Crippen LogP contribution in [0.1, 0.15) is 38.7 Å². The molecule has 0 bridgehead atoms. The summed E-state index contributed by atoms with van der Waals surface area (Å²) in [5, 5.41) is 17.3. The number of aromatic nitrogens is 2. The number of fused-ring (bicyclic) bond motifs is 1. The van der Waals surface area contributed by atoms with Crippen LogP contribution in [0.15, 0.2) is 42.5 Å². The van der Waals surface area contributed by atoms with Gasteiger partial charge in [-0.3, -0.25) is 0 Å². The normalized spacial score (nSPS) is 16.9. The molecule has 1 fully saturated rings. The van der Waals surface area contributed by atoms with Crippen LogP contribution in [0, 0.1) is 11.3 Å². The van der Waals surface area contributed by atoms with E-state index in [1.807, 2.05) is 18.2 Å². The average Bonchev–Trinajstić information content (AvgIpc) is 3.21. The highest BCUT2D eigenvalue weighted by molar-refractivity contribution is 5.91. The molecular weight excluding hydrogens is 386 g/mol. The molecule has 160 valence electrons. The van der Waals surface area contributed by atoms with Gasteiger partial charge >= 0.3 is 0 Å². The first-order valence-electron chi connectivity index (χ1n) is 10.9. The Balaban J connectivity index is 1.62. The zero-order chi connectivity index (χ0) is 21.8. The Hall–Kier alpha value is -3.37. The van der Waals surface area contributed by atoms with E-state index in [1.54, 1.807) is 18.2 Å². The molecule has 2 unspecified atom stereocenters. The molecule has 7 heteroatoms. The fourth-order valence-electron chi connectivity index (χ4n) is 4.28. The molecule has 1 aliphatic rings. The van der Waals surface area contributed by atoms with Crippen molar-refractivity contribution >= 4 is 34.0 Å². The van der Waals surface area contributed by atoms with Crippen molar-refractivity contribution in [3.8, 4) is 6.07 Å². The third-order valence-electron chi connectivity index (χ3n) is 5.65. The van der Waals surface area contributed by atoms with E-state index in [1.165, 1.54) is 12.8 Å². The van der Waals surface area contributed by atoms with Crippen LogP contribution in [-0.2, 0) is 0 Å². The van der Waals surface area contributed by atoms with Crippen LogP contribution in [0.2, 0.25) is 0 Å². The maximum atomic E-state index is 9.23. The van der Waals surface area contributed by atoms with E-state index in [2.05, 4.69) is 41.5 Å². The van der Waals surface area contributed by atoms with Gasteiger partial charge in [-0.15, -0.1) is 0 Å². The molecule has 3 aromatic rings. The quantitative estimate of drug-likeness (QED) is 0.497. The Labute approximate surface area is 183 Å². The second-order valence-electron chi connectivity index (χ2n) is 8.26. The van der Waals surface area contributed by atoms with E-state index in [-0.39, 0.29) is 0 Å². The summed E-state index contributed by atoms with van der Waals surface area (Å²) < 4.78 is 0. The lowest BCUT2D eigenvalue weighted by molar-refractivity contribution is 0.444. The maximum absolute atomic E-state index is 9.23. The minimum atomic E-state index is 0.457. The maximum Gasteiger partial charge on any atom is 0.229 e. The van der Waals surface area contributed by atoms with Crippen LogP contribution in [0.4, 0.5) is 23.1 Å². The number of benzene rings is 2. The molecule has 0 spiro atoms. The Morgan fingerprint density at radius 3 is 2.90 bits per heavy atom. The van der Waals surface area contributed by atoms with Crippen molar-refractivity contribution in [2.75, 3.05) is 29.0 Å². The van der Waals surface area contributed by atoms with Crippen molar-refractivity contribution in [3.05, 3.63) is 48.0 Å². The molecule has 1 saturated heterocycles. The van der Waals surface area contributed by atoms with E-state index < -0.39 is 0 Å². The molecule has 1 aromatic heterocycles. The van der Waals surface area contributed by atoms with Crippen LogP contribution in [0.5, 0.6) is 0 Å². The fraction of sp³-hybridized carbons (Fsp3) is 0.375. The van der Waals surface area contributed by atoms with Gasteiger partial charge in [0.25, 0.3) is 0 Å². The van der Waals surface area contributed by atoms with Crippen molar-refractivity contribution in [2.24, 2.45) is 0 Å². The van der Waals surface area contributed by atoms with E-state index in [0.29, 0.717) is 35.0 Å². The van der Waals surface area contributed by atoms with Crippen molar-refractivity contribution in [1.82, 2.24) is 15.3 Å². The minimum absolute atomic E-state index is 0.457. The highest BCUT2D eigenvalue weighted by Gasteiger charge is 2.26. The minimum Gasteiger partial charge on any atom is -0.399 e. The molecule has 4 N–H and O–H groups in total. The van der Waals surface area contributed by atoms with Gasteiger partial charge < -0.3 is 21.3 Å². The number of nitrogens with two attached hydrogens (primary N) is 1. The molecule has 4 rings (SSSR count). The highest BCUT2D eigenvalue weighted by atomic mass is 15.3. The zero-order valence-corrected chi connectivity index (χ0v) is 18.1. The van der Waals surface area contributed by atoms with E-state index >= 15 is 0 Å². The van der Waals surface area contributed by atoms with Crippen LogP contribution in [0.3, 0.4) is 0 Å². The van der Waals surface area contributed by atoms with Gasteiger partial charge in [0.1, 0.15) is 5.82 Å². The Morgan fingerprint density at radius 1 is 1.26 bits per heavy atom. The van der Waals surface area contributed by atoms with Crippen LogP contribution in [-0.4, -0.2) is 35.1 Å². The third-order valence-corrected chi connectivity index (χ3v) is 5.65. The first-order chi connectivity index (χ1) is 15.1. The van der Waals surface area contributed by atoms with E-state index in [4.69, 9.17) is 15.7 Å². The predicted molar refractivity (Wildman–Crippen MR) is 127 cm³/mol. The highest BCUT2D eigenvalue weighted by Crippen LogP contribution is 2.29. The summed E-state index contributed by atoms with van der Waals surface area (Å²) in [6.45, 7) is 6.36. The zero-order valence-electron chi connectivity index (χ0n) is 18.1. The molecular formula is C24H29N7. The lowest BCUT2D eigenvalue weighted by Gasteiger charge is -2.22. The summed E-state index contributed by atoms with van der Waals surface area (Å²) in [6.07, 6.45) is 3.47. The standard InChI is InChI=1S/C24H29N7/c1-3-6-16(2)27-19-9-10-31(15-19)23-21-7-4-5-8-22(21)29-24(30-23)28-20-12-17(14-25)11-18(26)13-20/h4-5,7-8,11-13,16,19,27H,3,6,9-10,15,26H2,1-2H3,(H,28,29,30). The second kappa shape index (κ2) is 9.19. The third kappa shape index (κ3) is 4.86. The summed E-state index contributed by atoms with van der Waals surface area (Å²) in [5.41, 5.74) is 8.55. The van der Waals surface area contributed by atoms with Gasteiger partial charge in [0, 0.05) is 41.9 Å². The van der Waals surface area contributed by atoms with Crippen LogP contribution >= 0.6 is 0 Å². The summed E-state index contributed by atoms with van der Waals surface area (Å²) >= 11 is 0. The SMILES string of the molecule is CCCC(C)NC1CCN(c2nc(Nc3cc(N)cc(C#N)c3)nc3ccccc23)C1. The van der Waals surface area contributed by atoms with Crippen molar-refractivity contribution in [1.29, 1.82) is 5.26 Å².